The molecule has 2 aromatic rings. The van der Waals surface area contributed by atoms with Crippen molar-refractivity contribution in [1.29, 1.82) is 0 Å². The molecule has 0 heterocycles. The Morgan fingerprint density at radius 1 is 1.15 bits per heavy atom. The Morgan fingerprint density at radius 3 is 2.65 bits per heavy atom. The van der Waals surface area contributed by atoms with Crippen molar-refractivity contribution < 1.29 is 0 Å². The Morgan fingerprint density at radius 2 is 1.95 bits per heavy atom. The van der Waals surface area contributed by atoms with Crippen molar-refractivity contribution in [2.75, 3.05) is 11.9 Å². The average molecular weight is 266 g/mol. The summed E-state index contributed by atoms with van der Waals surface area (Å²) >= 11 is 0. The maximum absolute atomic E-state index is 6.02. The second kappa shape index (κ2) is 5.68. The van der Waals surface area contributed by atoms with E-state index in [1.54, 1.807) is 0 Å². The Kier molecular flexibility index (Phi) is 3.75. The Hall–Kier alpha value is -1.80. The number of rotatable bonds is 5. The third kappa shape index (κ3) is 2.86. The van der Waals surface area contributed by atoms with Crippen LogP contribution in [0.4, 0.5) is 5.69 Å². The van der Waals surface area contributed by atoms with E-state index in [0.717, 1.165) is 11.6 Å². The number of hydrogen-bond donors (Lipinski definition) is 2. The molecule has 0 aromatic heterocycles. The first-order valence-electron chi connectivity index (χ1n) is 7.40. The van der Waals surface area contributed by atoms with Crippen LogP contribution in [0, 0.1) is 6.92 Å². The lowest BCUT2D eigenvalue weighted by molar-refractivity contribution is 0.775. The van der Waals surface area contributed by atoms with Gasteiger partial charge in [-0.15, -0.1) is 0 Å². The predicted molar refractivity (Wildman–Crippen MR) is 85.0 cm³/mol. The molecule has 2 heteroatoms. The second-order valence-corrected chi connectivity index (χ2v) is 5.71. The summed E-state index contributed by atoms with van der Waals surface area (Å²) in [5, 5.41) is 3.58. The molecule has 3 N–H and O–H groups in total. The fourth-order valence-corrected chi connectivity index (χ4v) is 2.79. The van der Waals surface area contributed by atoms with E-state index in [0.29, 0.717) is 6.54 Å². The Bertz CT molecular complexity index is 587. The lowest BCUT2D eigenvalue weighted by atomic mass is 9.97. The van der Waals surface area contributed by atoms with Crippen molar-refractivity contribution in [2.24, 2.45) is 5.73 Å². The maximum atomic E-state index is 6.02. The maximum Gasteiger partial charge on any atom is 0.0638 e. The van der Waals surface area contributed by atoms with Crippen LogP contribution in [0.1, 0.15) is 41.5 Å². The van der Waals surface area contributed by atoms with Crippen LogP contribution in [-0.2, 0) is 0 Å². The summed E-state index contributed by atoms with van der Waals surface area (Å²) in [5.74, 6) is 0.750. The van der Waals surface area contributed by atoms with Crippen molar-refractivity contribution >= 4 is 5.69 Å². The summed E-state index contributed by atoms with van der Waals surface area (Å²) in [7, 11) is 0. The molecule has 3 rings (SSSR count). The number of hydrogen-bond acceptors (Lipinski definition) is 2. The SMILES string of the molecule is Cc1cccc(NC(CN)c2ccccc2C2CC2)c1. The summed E-state index contributed by atoms with van der Waals surface area (Å²) in [6.45, 7) is 2.72. The molecular formula is C18H22N2. The van der Waals surface area contributed by atoms with E-state index in [4.69, 9.17) is 5.73 Å². The van der Waals surface area contributed by atoms with E-state index >= 15 is 0 Å². The van der Waals surface area contributed by atoms with Gasteiger partial charge in [0.25, 0.3) is 0 Å². The third-order valence-electron chi connectivity index (χ3n) is 3.98. The first-order chi connectivity index (χ1) is 9.78. The van der Waals surface area contributed by atoms with Gasteiger partial charge in [-0.3, -0.25) is 0 Å². The molecule has 2 aromatic carbocycles. The van der Waals surface area contributed by atoms with Crippen LogP contribution in [0.25, 0.3) is 0 Å². The van der Waals surface area contributed by atoms with E-state index in [1.165, 1.54) is 29.5 Å². The first kappa shape index (κ1) is 13.2. The lowest BCUT2D eigenvalue weighted by Crippen LogP contribution is -2.21. The van der Waals surface area contributed by atoms with Crippen molar-refractivity contribution in [3.63, 3.8) is 0 Å². The van der Waals surface area contributed by atoms with E-state index < -0.39 is 0 Å². The molecule has 0 amide bonds. The first-order valence-corrected chi connectivity index (χ1v) is 7.40. The number of nitrogens with two attached hydrogens (primary N) is 1. The normalized spacial score (nSPS) is 15.9. The van der Waals surface area contributed by atoms with Crippen LogP contribution in [0.15, 0.2) is 48.5 Å². The standard InChI is InChI=1S/C18H22N2/c1-13-5-4-6-15(11-13)20-18(12-19)17-8-3-2-7-16(17)14-9-10-14/h2-8,11,14,18,20H,9-10,12,19H2,1H3. The monoisotopic (exact) mass is 266 g/mol. The molecule has 104 valence electrons. The van der Waals surface area contributed by atoms with Crippen LogP contribution in [0.2, 0.25) is 0 Å². The van der Waals surface area contributed by atoms with E-state index in [9.17, 15) is 0 Å². The highest BCUT2D eigenvalue weighted by Crippen LogP contribution is 2.43. The number of nitrogens with one attached hydrogen (secondary N) is 1. The van der Waals surface area contributed by atoms with E-state index in [-0.39, 0.29) is 6.04 Å². The van der Waals surface area contributed by atoms with Gasteiger partial charge in [-0.25, -0.2) is 0 Å². The predicted octanol–water partition coefficient (Wildman–Crippen LogP) is 3.98. The molecule has 1 fully saturated rings. The highest BCUT2D eigenvalue weighted by molar-refractivity contribution is 5.49. The molecule has 1 aliphatic carbocycles. The van der Waals surface area contributed by atoms with Crippen molar-refractivity contribution in [1.82, 2.24) is 0 Å². The fraction of sp³-hybridized carbons (Fsp3) is 0.333. The van der Waals surface area contributed by atoms with Crippen LogP contribution in [0.5, 0.6) is 0 Å². The average Bonchev–Trinajstić information content (AvgIpc) is 3.29. The summed E-state index contributed by atoms with van der Waals surface area (Å²) in [4.78, 5) is 0. The minimum atomic E-state index is 0.189. The fourth-order valence-electron chi connectivity index (χ4n) is 2.79. The molecule has 0 saturated heterocycles. The zero-order valence-corrected chi connectivity index (χ0v) is 12.0. The van der Waals surface area contributed by atoms with Crippen molar-refractivity contribution in [2.45, 2.75) is 31.7 Å². The lowest BCUT2D eigenvalue weighted by Gasteiger charge is -2.22. The molecular weight excluding hydrogens is 244 g/mol. The molecule has 0 bridgehead atoms. The van der Waals surface area contributed by atoms with Crippen LogP contribution in [-0.4, -0.2) is 6.54 Å². The van der Waals surface area contributed by atoms with E-state index in [2.05, 4.69) is 60.8 Å². The molecule has 1 atom stereocenters. The van der Waals surface area contributed by atoms with Gasteiger partial charge in [-0.1, -0.05) is 36.4 Å². The number of benzene rings is 2. The van der Waals surface area contributed by atoms with Gasteiger partial charge in [0.05, 0.1) is 6.04 Å². The largest absolute Gasteiger partial charge is 0.377 e. The summed E-state index contributed by atoms with van der Waals surface area (Å²) in [6, 6.07) is 17.4. The number of anilines is 1. The highest BCUT2D eigenvalue weighted by atomic mass is 14.9. The molecule has 1 aliphatic rings. The quantitative estimate of drug-likeness (QED) is 0.859. The summed E-state index contributed by atoms with van der Waals surface area (Å²) in [5.41, 5.74) is 11.3. The van der Waals surface area contributed by atoms with Crippen LogP contribution < -0.4 is 11.1 Å². The molecule has 0 radical (unpaired) electrons. The smallest absolute Gasteiger partial charge is 0.0638 e. The Labute approximate surface area is 121 Å². The molecule has 0 spiro atoms. The van der Waals surface area contributed by atoms with Crippen LogP contribution in [0.3, 0.4) is 0 Å². The summed E-state index contributed by atoms with van der Waals surface area (Å²) < 4.78 is 0. The van der Waals surface area contributed by atoms with Gasteiger partial charge in [-0.2, -0.15) is 0 Å². The molecule has 20 heavy (non-hydrogen) atoms. The van der Waals surface area contributed by atoms with Gasteiger partial charge in [0, 0.05) is 12.2 Å². The molecule has 0 aliphatic heterocycles. The van der Waals surface area contributed by atoms with Gasteiger partial charge < -0.3 is 11.1 Å². The summed E-state index contributed by atoms with van der Waals surface area (Å²) in [6.07, 6.45) is 2.64. The zero-order valence-electron chi connectivity index (χ0n) is 12.0. The van der Waals surface area contributed by atoms with Crippen molar-refractivity contribution in [3.8, 4) is 0 Å². The van der Waals surface area contributed by atoms with Gasteiger partial charge in [0.1, 0.15) is 0 Å². The van der Waals surface area contributed by atoms with Gasteiger partial charge >= 0.3 is 0 Å². The topological polar surface area (TPSA) is 38.0 Å². The number of aryl methyl sites for hydroxylation is 1. The second-order valence-electron chi connectivity index (χ2n) is 5.71. The van der Waals surface area contributed by atoms with Crippen molar-refractivity contribution in [3.05, 3.63) is 65.2 Å². The highest BCUT2D eigenvalue weighted by Gasteiger charge is 2.27. The van der Waals surface area contributed by atoms with Gasteiger partial charge in [0.15, 0.2) is 0 Å². The third-order valence-corrected chi connectivity index (χ3v) is 3.98. The minimum absolute atomic E-state index is 0.189. The molecule has 1 unspecified atom stereocenters. The van der Waals surface area contributed by atoms with Crippen LogP contribution >= 0.6 is 0 Å². The molecule has 1 saturated carbocycles. The zero-order chi connectivity index (χ0) is 13.9. The Balaban J connectivity index is 1.86. The molecule has 2 nitrogen and oxygen atoms in total. The van der Waals surface area contributed by atoms with Gasteiger partial charge in [-0.05, 0) is 54.5 Å². The van der Waals surface area contributed by atoms with Gasteiger partial charge in [0.2, 0.25) is 0 Å². The van der Waals surface area contributed by atoms with E-state index in [1.807, 2.05) is 0 Å². The minimum Gasteiger partial charge on any atom is -0.377 e.